The van der Waals surface area contributed by atoms with Crippen LogP contribution in [0.1, 0.15) is 55.6 Å². The second kappa shape index (κ2) is 7.95. The molecule has 0 unspecified atom stereocenters. The molecule has 7 heteroatoms. The highest BCUT2D eigenvalue weighted by atomic mass is 28.3. The van der Waals surface area contributed by atoms with Crippen molar-refractivity contribution >= 4 is 25.1 Å². The summed E-state index contributed by atoms with van der Waals surface area (Å²) in [5.74, 6) is 0.404. The van der Waals surface area contributed by atoms with E-state index in [1.807, 2.05) is 17.0 Å². The predicted octanol–water partition coefficient (Wildman–Crippen LogP) is 4.40. The van der Waals surface area contributed by atoms with Gasteiger partial charge in [-0.25, -0.2) is 9.97 Å². The number of hydrogen-bond acceptors (Lipinski definition) is 4. The Morgan fingerprint density at radius 2 is 2.04 bits per heavy atom. The normalized spacial score (nSPS) is 15.2. The molecule has 0 atom stereocenters. The van der Waals surface area contributed by atoms with E-state index in [2.05, 4.69) is 50.7 Å². The summed E-state index contributed by atoms with van der Waals surface area (Å²) < 4.78 is 7.81. The molecule has 2 aromatic heterocycles. The van der Waals surface area contributed by atoms with E-state index >= 15 is 0 Å². The molecule has 0 bridgehead atoms. The Bertz CT molecular complexity index is 844. The van der Waals surface area contributed by atoms with Crippen molar-refractivity contribution in [3.63, 3.8) is 0 Å². The molecule has 1 saturated carbocycles. The van der Waals surface area contributed by atoms with Gasteiger partial charge in [-0.15, -0.1) is 0 Å². The third-order valence-corrected chi connectivity index (χ3v) is 6.53. The van der Waals surface area contributed by atoms with Gasteiger partial charge >= 0.3 is 0 Å². The summed E-state index contributed by atoms with van der Waals surface area (Å²) in [6, 6.07) is 1.11. The zero-order valence-corrected chi connectivity index (χ0v) is 19.1. The van der Waals surface area contributed by atoms with Gasteiger partial charge in [-0.1, -0.05) is 40.4 Å². The third-order valence-electron chi connectivity index (χ3n) is 4.83. The lowest BCUT2D eigenvalue weighted by Crippen LogP contribution is -2.32. The van der Waals surface area contributed by atoms with Gasteiger partial charge in [0.05, 0.1) is 17.5 Å². The summed E-state index contributed by atoms with van der Waals surface area (Å²) in [6.45, 7) is 15.1. The summed E-state index contributed by atoms with van der Waals surface area (Å²) in [5, 5.41) is 3.04. The fraction of sp³-hybridized carbons (Fsp3) is 0.667. The molecule has 1 aliphatic carbocycles. The molecule has 0 radical (unpaired) electrons. The van der Waals surface area contributed by atoms with Crippen molar-refractivity contribution < 1.29 is 9.53 Å². The summed E-state index contributed by atoms with van der Waals surface area (Å²) in [6.07, 6.45) is 6.02. The van der Waals surface area contributed by atoms with E-state index in [4.69, 9.17) is 9.72 Å². The van der Waals surface area contributed by atoms with Crippen LogP contribution >= 0.6 is 0 Å². The number of nitrogens with zero attached hydrogens (tertiary/aromatic N) is 3. The zero-order chi connectivity index (χ0) is 20.5. The Balaban J connectivity index is 1.82. The van der Waals surface area contributed by atoms with Crippen LogP contribution in [0.3, 0.4) is 0 Å². The molecule has 0 saturated heterocycles. The first-order valence-electron chi connectivity index (χ1n) is 10.3. The average Bonchev–Trinajstić information content (AvgIpc) is 3.37. The molecule has 3 rings (SSSR count). The van der Waals surface area contributed by atoms with Gasteiger partial charge < -0.3 is 14.6 Å². The predicted molar refractivity (Wildman–Crippen MR) is 115 cm³/mol. The van der Waals surface area contributed by atoms with Crippen LogP contribution in [-0.2, 0) is 11.5 Å². The Kier molecular flexibility index (Phi) is 5.96. The Morgan fingerprint density at radius 1 is 1.32 bits per heavy atom. The standard InChI is InChI=1S/C21H34N4O2Si/c1-21(2,3)13-23-20(26)16-12-25(14-27-9-10-28(4,5)6)19-18(16)24-17(11-22-19)15-7-8-15/h11-12,15H,7-10,13-14H2,1-6H3,(H,23,26). The van der Waals surface area contributed by atoms with E-state index in [-0.39, 0.29) is 11.3 Å². The van der Waals surface area contributed by atoms with Crippen LogP contribution in [0.4, 0.5) is 0 Å². The van der Waals surface area contributed by atoms with Gasteiger partial charge in [0.25, 0.3) is 5.91 Å². The first kappa shape index (κ1) is 21.0. The molecule has 0 aliphatic heterocycles. The van der Waals surface area contributed by atoms with Crippen LogP contribution in [0.15, 0.2) is 12.4 Å². The summed E-state index contributed by atoms with van der Waals surface area (Å²) in [5.41, 5.74) is 3.01. The molecular weight excluding hydrogens is 368 g/mol. The van der Waals surface area contributed by atoms with E-state index in [0.29, 0.717) is 30.3 Å². The maximum Gasteiger partial charge on any atom is 0.255 e. The Hall–Kier alpha value is -1.73. The molecule has 0 spiro atoms. The molecule has 28 heavy (non-hydrogen) atoms. The second-order valence-electron chi connectivity index (χ2n) is 10.3. The Morgan fingerprint density at radius 3 is 2.64 bits per heavy atom. The van der Waals surface area contributed by atoms with Crippen LogP contribution < -0.4 is 5.32 Å². The number of fused-ring (bicyclic) bond motifs is 1. The van der Waals surface area contributed by atoms with Crippen molar-refractivity contribution in [1.29, 1.82) is 0 Å². The quantitative estimate of drug-likeness (QED) is 0.525. The van der Waals surface area contributed by atoms with E-state index < -0.39 is 8.07 Å². The minimum absolute atomic E-state index is 0.0266. The minimum atomic E-state index is -1.13. The fourth-order valence-electron chi connectivity index (χ4n) is 2.89. The molecular formula is C21H34N4O2Si. The topological polar surface area (TPSA) is 69.0 Å². The van der Waals surface area contributed by atoms with Crippen LogP contribution in [-0.4, -0.2) is 41.7 Å². The number of carbonyl (C=O) groups is 1. The molecule has 2 heterocycles. The van der Waals surface area contributed by atoms with Gasteiger partial charge in [-0.2, -0.15) is 0 Å². The monoisotopic (exact) mass is 402 g/mol. The van der Waals surface area contributed by atoms with Crippen LogP contribution in [0.2, 0.25) is 25.7 Å². The number of nitrogens with one attached hydrogen (secondary N) is 1. The van der Waals surface area contributed by atoms with Crippen molar-refractivity contribution in [3.05, 3.63) is 23.7 Å². The lowest BCUT2D eigenvalue weighted by Gasteiger charge is -2.18. The molecule has 1 fully saturated rings. The summed E-state index contributed by atoms with van der Waals surface area (Å²) in [7, 11) is -1.13. The van der Waals surface area contributed by atoms with Gasteiger partial charge in [0, 0.05) is 33.3 Å². The number of ether oxygens (including phenoxy) is 1. The molecule has 154 valence electrons. The highest BCUT2D eigenvalue weighted by Crippen LogP contribution is 2.39. The molecule has 1 amide bonds. The van der Waals surface area contributed by atoms with E-state index in [1.54, 1.807) is 0 Å². The molecule has 1 aliphatic rings. The third kappa shape index (κ3) is 5.64. The second-order valence-corrected chi connectivity index (χ2v) is 16.0. The molecule has 2 aromatic rings. The van der Waals surface area contributed by atoms with Crippen molar-refractivity contribution in [2.45, 2.75) is 71.9 Å². The number of hydrogen-bond donors (Lipinski definition) is 1. The van der Waals surface area contributed by atoms with Crippen molar-refractivity contribution in [2.75, 3.05) is 13.2 Å². The first-order chi connectivity index (χ1) is 13.0. The average molecular weight is 403 g/mol. The van der Waals surface area contributed by atoms with E-state index in [1.165, 1.54) is 0 Å². The summed E-state index contributed by atoms with van der Waals surface area (Å²) in [4.78, 5) is 22.3. The van der Waals surface area contributed by atoms with Crippen LogP contribution in [0.25, 0.3) is 11.2 Å². The van der Waals surface area contributed by atoms with Crippen LogP contribution in [0.5, 0.6) is 0 Å². The molecule has 0 aromatic carbocycles. The highest BCUT2D eigenvalue weighted by Gasteiger charge is 2.27. The first-order valence-corrected chi connectivity index (χ1v) is 14.0. The van der Waals surface area contributed by atoms with Gasteiger partial charge in [0.1, 0.15) is 12.2 Å². The maximum absolute atomic E-state index is 12.8. The smallest absolute Gasteiger partial charge is 0.255 e. The van der Waals surface area contributed by atoms with Gasteiger partial charge in [-0.05, 0) is 24.3 Å². The zero-order valence-electron chi connectivity index (χ0n) is 18.1. The van der Waals surface area contributed by atoms with E-state index in [9.17, 15) is 4.79 Å². The van der Waals surface area contributed by atoms with Crippen molar-refractivity contribution in [3.8, 4) is 0 Å². The largest absolute Gasteiger partial charge is 0.361 e. The Labute approximate surface area is 169 Å². The van der Waals surface area contributed by atoms with Crippen molar-refractivity contribution in [2.24, 2.45) is 5.41 Å². The minimum Gasteiger partial charge on any atom is -0.361 e. The lowest BCUT2D eigenvalue weighted by molar-refractivity contribution is 0.0890. The number of rotatable bonds is 8. The van der Waals surface area contributed by atoms with Gasteiger partial charge in [0.2, 0.25) is 0 Å². The van der Waals surface area contributed by atoms with Crippen molar-refractivity contribution in [1.82, 2.24) is 19.9 Å². The van der Waals surface area contributed by atoms with E-state index in [0.717, 1.165) is 36.8 Å². The highest BCUT2D eigenvalue weighted by molar-refractivity contribution is 6.76. The van der Waals surface area contributed by atoms with Crippen LogP contribution in [0, 0.1) is 5.41 Å². The van der Waals surface area contributed by atoms with Gasteiger partial charge in [0.15, 0.2) is 5.65 Å². The fourth-order valence-corrected chi connectivity index (χ4v) is 3.64. The SMILES string of the molecule is CC(C)(C)CNC(=O)c1cn(COCC[Si](C)(C)C)c2ncc(C3CC3)nc12. The lowest BCUT2D eigenvalue weighted by atomic mass is 9.97. The maximum atomic E-state index is 12.8. The molecule has 1 N–H and O–H groups in total. The molecule has 6 nitrogen and oxygen atoms in total. The number of amides is 1. The van der Waals surface area contributed by atoms with Gasteiger partial charge in [-0.3, -0.25) is 4.79 Å². The number of carbonyl (C=O) groups excluding carboxylic acids is 1. The number of aromatic nitrogens is 3. The summed E-state index contributed by atoms with van der Waals surface area (Å²) >= 11 is 0.